The van der Waals surface area contributed by atoms with Crippen LogP contribution >= 0.6 is 0 Å². The zero-order valence-electron chi connectivity index (χ0n) is 16.8. The van der Waals surface area contributed by atoms with E-state index in [0.29, 0.717) is 37.1 Å². The quantitative estimate of drug-likeness (QED) is 0.666. The van der Waals surface area contributed by atoms with Gasteiger partial charge in [-0.15, -0.1) is 10.2 Å². The number of likely N-dealkylation sites (tertiary alicyclic amines) is 1. The van der Waals surface area contributed by atoms with Crippen molar-refractivity contribution in [1.29, 1.82) is 0 Å². The highest BCUT2D eigenvalue weighted by atomic mass is 19.4. The van der Waals surface area contributed by atoms with E-state index in [2.05, 4.69) is 10.2 Å². The van der Waals surface area contributed by atoms with E-state index < -0.39 is 17.7 Å². The van der Waals surface area contributed by atoms with Crippen LogP contribution in [0.3, 0.4) is 0 Å². The minimum absolute atomic E-state index is 0.0100. The van der Waals surface area contributed by atoms with Gasteiger partial charge >= 0.3 is 12.1 Å². The van der Waals surface area contributed by atoms with Crippen molar-refractivity contribution in [3.05, 3.63) is 65.1 Å². The fraction of sp³-hybridized carbons (Fsp3) is 0.364. The summed E-state index contributed by atoms with van der Waals surface area (Å²) in [6.07, 6.45) is -1.90. The Morgan fingerprint density at radius 1 is 1.00 bits per heavy atom. The number of alkyl halides is 3. The summed E-state index contributed by atoms with van der Waals surface area (Å²) in [6.45, 7) is 0.865. The van der Waals surface area contributed by atoms with Gasteiger partial charge in [0.15, 0.2) is 5.65 Å². The molecular formula is C22H19F3N4O3. The van der Waals surface area contributed by atoms with Crippen molar-refractivity contribution >= 4 is 17.5 Å². The van der Waals surface area contributed by atoms with Crippen LogP contribution in [-0.2, 0) is 6.18 Å². The summed E-state index contributed by atoms with van der Waals surface area (Å²) in [4.78, 5) is 26.0. The standard InChI is InChI=1S/C22H19F3N4O3/c23-22(24,25)17-4-2-1-3-16(17)13-7-14-9-28(10-15(14)8-13)20(30)19-27-26-18-6-5-12(21(31)32)11-29(18)19/h1-6,11,13-15H,7-10H2,(H,31,32)/t13?,14-,15?/m0/s1. The van der Waals surface area contributed by atoms with Gasteiger partial charge in [-0.2, -0.15) is 13.2 Å². The lowest BCUT2D eigenvalue weighted by molar-refractivity contribution is -0.138. The molecule has 1 aliphatic heterocycles. The highest BCUT2D eigenvalue weighted by Gasteiger charge is 2.45. The van der Waals surface area contributed by atoms with E-state index in [-0.39, 0.29) is 35.0 Å². The first-order valence-electron chi connectivity index (χ1n) is 10.3. The van der Waals surface area contributed by atoms with Crippen molar-refractivity contribution < 1.29 is 27.9 Å². The van der Waals surface area contributed by atoms with E-state index in [9.17, 15) is 27.9 Å². The molecule has 166 valence electrons. The number of amides is 1. The molecule has 1 aromatic carbocycles. The molecule has 0 spiro atoms. The lowest BCUT2D eigenvalue weighted by Gasteiger charge is -2.21. The van der Waals surface area contributed by atoms with Gasteiger partial charge in [-0.05, 0) is 54.4 Å². The van der Waals surface area contributed by atoms with Gasteiger partial charge in [0, 0.05) is 19.3 Å². The molecule has 3 atom stereocenters. The van der Waals surface area contributed by atoms with Crippen molar-refractivity contribution in [2.45, 2.75) is 24.9 Å². The minimum Gasteiger partial charge on any atom is -0.478 e. The number of hydrogen-bond donors (Lipinski definition) is 1. The van der Waals surface area contributed by atoms with Crippen LogP contribution in [0.4, 0.5) is 13.2 Å². The maximum Gasteiger partial charge on any atom is 0.416 e. The van der Waals surface area contributed by atoms with Crippen LogP contribution < -0.4 is 0 Å². The third-order valence-corrected chi connectivity index (χ3v) is 6.58. The molecule has 0 bridgehead atoms. The zero-order chi connectivity index (χ0) is 22.6. The monoisotopic (exact) mass is 444 g/mol. The first-order valence-corrected chi connectivity index (χ1v) is 10.3. The van der Waals surface area contributed by atoms with Gasteiger partial charge in [-0.1, -0.05) is 18.2 Å². The Kier molecular flexibility index (Phi) is 4.68. The molecule has 2 aliphatic rings. The lowest BCUT2D eigenvalue weighted by atomic mass is 9.91. The van der Waals surface area contributed by atoms with E-state index in [1.165, 1.54) is 28.8 Å². The van der Waals surface area contributed by atoms with Gasteiger partial charge in [-0.25, -0.2) is 4.79 Å². The normalized spacial score (nSPS) is 23.0. The summed E-state index contributed by atoms with van der Waals surface area (Å²) in [5.74, 6) is -1.42. The number of benzene rings is 1. The molecule has 0 radical (unpaired) electrons. The van der Waals surface area contributed by atoms with E-state index in [1.807, 2.05) is 0 Å². The number of fused-ring (bicyclic) bond motifs is 2. The number of carboxylic acid groups (broad SMARTS) is 1. The molecule has 7 nitrogen and oxygen atoms in total. The predicted molar refractivity (Wildman–Crippen MR) is 106 cm³/mol. The molecule has 1 amide bonds. The van der Waals surface area contributed by atoms with Crippen LogP contribution in [0.2, 0.25) is 0 Å². The Morgan fingerprint density at radius 2 is 1.69 bits per heavy atom. The second-order valence-corrected chi connectivity index (χ2v) is 8.46. The number of carbonyl (C=O) groups excluding carboxylic acids is 1. The summed E-state index contributed by atoms with van der Waals surface area (Å²) >= 11 is 0. The van der Waals surface area contributed by atoms with Crippen LogP contribution in [0, 0.1) is 11.8 Å². The van der Waals surface area contributed by atoms with Crippen LogP contribution in [0.25, 0.3) is 5.65 Å². The van der Waals surface area contributed by atoms with Crippen molar-refractivity contribution in [2.24, 2.45) is 11.8 Å². The molecular weight excluding hydrogens is 425 g/mol. The molecule has 32 heavy (non-hydrogen) atoms. The number of rotatable bonds is 3. The number of hydrogen-bond acceptors (Lipinski definition) is 4. The Hall–Kier alpha value is -3.43. The van der Waals surface area contributed by atoms with E-state index in [4.69, 9.17) is 0 Å². The smallest absolute Gasteiger partial charge is 0.416 e. The molecule has 1 aliphatic carbocycles. The summed E-state index contributed by atoms with van der Waals surface area (Å²) in [5.41, 5.74) is 0.122. The number of nitrogens with zero attached hydrogens (tertiary/aromatic N) is 4. The van der Waals surface area contributed by atoms with Gasteiger partial charge in [0.25, 0.3) is 5.91 Å². The Morgan fingerprint density at radius 3 is 2.34 bits per heavy atom. The molecule has 1 saturated heterocycles. The summed E-state index contributed by atoms with van der Waals surface area (Å²) in [7, 11) is 0. The number of aromatic nitrogens is 3. The third kappa shape index (κ3) is 3.39. The maximum absolute atomic E-state index is 13.4. The SMILES string of the molecule is O=C(O)c1ccc2nnc(C(=O)N3CC4CC(c5ccccc5C(F)(F)F)C[C@H]4C3)n2c1. The van der Waals surface area contributed by atoms with Crippen LogP contribution in [0.15, 0.2) is 42.6 Å². The summed E-state index contributed by atoms with van der Waals surface area (Å²) < 4.78 is 41.6. The second-order valence-electron chi connectivity index (χ2n) is 8.46. The molecule has 2 unspecified atom stereocenters. The van der Waals surface area contributed by atoms with Gasteiger partial charge in [0.2, 0.25) is 5.82 Å². The molecule has 1 N–H and O–H groups in total. The zero-order valence-corrected chi connectivity index (χ0v) is 16.8. The number of carboxylic acids is 1. The highest BCUT2D eigenvalue weighted by molar-refractivity contribution is 5.92. The number of pyridine rings is 1. The first kappa shape index (κ1) is 20.5. The van der Waals surface area contributed by atoms with Crippen molar-refractivity contribution in [3.8, 4) is 0 Å². The average molecular weight is 444 g/mol. The van der Waals surface area contributed by atoms with Gasteiger partial charge < -0.3 is 10.0 Å². The van der Waals surface area contributed by atoms with Crippen LogP contribution in [0.5, 0.6) is 0 Å². The molecule has 2 fully saturated rings. The maximum atomic E-state index is 13.4. The van der Waals surface area contributed by atoms with E-state index >= 15 is 0 Å². The number of carbonyl (C=O) groups is 2. The van der Waals surface area contributed by atoms with Crippen molar-refractivity contribution in [2.75, 3.05) is 13.1 Å². The molecule has 5 rings (SSSR count). The van der Waals surface area contributed by atoms with E-state index in [0.717, 1.165) is 6.07 Å². The number of aromatic carboxylic acids is 1. The Bertz CT molecular complexity index is 1210. The largest absolute Gasteiger partial charge is 0.478 e. The predicted octanol–water partition coefficient (Wildman–Crippen LogP) is 3.71. The molecule has 3 heterocycles. The summed E-state index contributed by atoms with van der Waals surface area (Å²) in [5, 5.41) is 17.1. The molecule has 1 saturated carbocycles. The third-order valence-electron chi connectivity index (χ3n) is 6.58. The highest BCUT2D eigenvalue weighted by Crippen LogP contribution is 2.49. The lowest BCUT2D eigenvalue weighted by Crippen LogP contribution is -2.31. The van der Waals surface area contributed by atoms with Crippen molar-refractivity contribution in [3.63, 3.8) is 0 Å². The first-order chi connectivity index (χ1) is 15.2. The van der Waals surface area contributed by atoms with Gasteiger partial charge in [0.05, 0.1) is 11.1 Å². The average Bonchev–Trinajstić information content (AvgIpc) is 3.45. The van der Waals surface area contributed by atoms with Crippen LogP contribution in [0.1, 0.15) is 50.9 Å². The summed E-state index contributed by atoms with van der Waals surface area (Å²) in [6, 6.07) is 8.59. The fourth-order valence-electron chi connectivity index (χ4n) is 5.14. The van der Waals surface area contributed by atoms with Gasteiger partial charge in [0.1, 0.15) is 0 Å². The fourth-order valence-corrected chi connectivity index (χ4v) is 5.14. The molecule has 2 aromatic heterocycles. The second kappa shape index (κ2) is 7.32. The van der Waals surface area contributed by atoms with Crippen LogP contribution in [-0.4, -0.2) is 49.6 Å². The molecule has 3 aromatic rings. The van der Waals surface area contributed by atoms with Gasteiger partial charge in [-0.3, -0.25) is 9.20 Å². The van der Waals surface area contributed by atoms with Crippen molar-refractivity contribution in [1.82, 2.24) is 19.5 Å². The number of halogens is 3. The van der Waals surface area contributed by atoms with E-state index in [1.54, 1.807) is 17.0 Å². The minimum atomic E-state index is -4.39. The molecule has 10 heteroatoms. The Balaban J connectivity index is 1.34. The Labute approximate surface area is 180 Å². The topological polar surface area (TPSA) is 87.8 Å².